The van der Waals surface area contributed by atoms with E-state index in [0.29, 0.717) is 6.42 Å². The molecule has 0 heterocycles. The highest BCUT2D eigenvalue weighted by atomic mass is 16.3. The maximum atomic E-state index is 10.6. The first-order chi connectivity index (χ1) is 7.70. The van der Waals surface area contributed by atoms with Crippen LogP contribution < -0.4 is 0 Å². The number of rotatable bonds is 4. The Kier molecular flexibility index (Phi) is 4.21. The maximum absolute atomic E-state index is 10.6. The Balaban J connectivity index is 2.77. The third kappa shape index (κ3) is 3.20. The standard InChI is InChI=1S/C15H26O2/c1-6-14(4,16)10-9-13-11(2)7-8-12(3)15(13,5)17/h6-7,12-13,16-17H,1,8-10H2,2-5H3/t12-,13-,14?,15+/m1/s1. The minimum absolute atomic E-state index is 0.137. The van der Waals surface area contributed by atoms with E-state index in [1.54, 1.807) is 13.0 Å². The zero-order valence-electron chi connectivity index (χ0n) is 11.5. The van der Waals surface area contributed by atoms with Crippen molar-refractivity contribution in [3.8, 4) is 0 Å². The van der Waals surface area contributed by atoms with Crippen LogP contribution in [0.4, 0.5) is 0 Å². The van der Waals surface area contributed by atoms with Crippen molar-refractivity contribution >= 4 is 0 Å². The van der Waals surface area contributed by atoms with Gasteiger partial charge in [-0.15, -0.1) is 6.58 Å². The predicted molar refractivity (Wildman–Crippen MR) is 71.7 cm³/mol. The van der Waals surface area contributed by atoms with E-state index in [1.165, 1.54) is 5.57 Å². The summed E-state index contributed by atoms with van der Waals surface area (Å²) in [6.07, 6.45) is 6.16. The van der Waals surface area contributed by atoms with Gasteiger partial charge >= 0.3 is 0 Å². The van der Waals surface area contributed by atoms with Crippen LogP contribution in [-0.4, -0.2) is 21.4 Å². The van der Waals surface area contributed by atoms with Crippen molar-refractivity contribution in [1.82, 2.24) is 0 Å². The van der Waals surface area contributed by atoms with E-state index in [2.05, 4.69) is 26.5 Å². The molecule has 4 atom stereocenters. The lowest BCUT2D eigenvalue weighted by Crippen LogP contribution is -2.44. The Hall–Kier alpha value is -0.600. The van der Waals surface area contributed by atoms with E-state index in [0.717, 1.165) is 12.8 Å². The average molecular weight is 238 g/mol. The molecular weight excluding hydrogens is 212 g/mol. The molecule has 1 rings (SSSR count). The summed E-state index contributed by atoms with van der Waals surface area (Å²) in [6.45, 7) is 11.5. The van der Waals surface area contributed by atoms with Crippen LogP contribution in [0.3, 0.4) is 0 Å². The molecule has 0 aliphatic heterocycles. The van der Waals surface area contributed by atoms with E-state index >= 15 is 0 Å². The summed E-state index contributed by atoms with van der Waals surface area (Å²) in [5.41, 5.74) is -0.263. The van der Waals surface area contributed by atoms with Crippen LogP contribution in [0, 0.1) is 11.8 Å². The van der Waals surface area contributed by atoms with Gasteiger partial charge in [0.25, 0.3) is 0 Å². The number of hydrogen-bond donors (Lipinski definition) is 2. The molecule has 0 amide bonds. The van der Waals surface area contributed by atoms with Crippen molar-refractivity contribution in [1.29, 1.82) is 0 Å². The van der Waals surface area contributed by atoms with Crippen molar-refractivity contribution in [3.05, 3.63) is 24.3 Å². The van der Waals surface area contributed by atoms with Crippen LogP contribution in [-0.2, 0) is 0 Å². The third-order valence-electron chi connectivity index (χ3n) is 4.43. The molecule has 0 radical (unpaired) electrons. The second-order valence-electron chi connectivity index (χ2n) is 5.96. The topological polar surface area (TPSA) is 40.5 Å². The molecule has 1 unspecified atom stereocenters. The van der Waals surface area contributed by atoms with Gasteiger partial charge in [-0.2, -0.15) is 0 Å². The summed E-state index contributed by atoms with van der Waals surface area (Å²) in [6, 6.07) is 0. The smallest absolute Gasteiger partial charge is 0.0797 e. The minimum Gasteiger partial charge on any atom is -0.389 e. The van der Waals surface area contributed by atoms with Crippen LogP contribution in [0.5, 0.6) is 0 Å². The first kappa shape index (κ1) is 14.5. The first-order valence-corrected chi connectivity index (χ1v) is 6.45. The lowest BCUT2D eigenvalue weighted by atomic mass is 9.68. The molecule has 0 saturated carbocycles. The fraction of sp³-hybridized carbons (Fsp3) is 0.733. The zero-order valence-corrected chi connectivity index (χ0v) is 11.5. The molecule has 0 aromatic rings. The van der Waals surface area contributed by atoms with Gasteiger partial charge in [0.15, 0.2) is 0 Å². The Morgan fingerprint density at radius 1 is 1.65 bits per heavy atom. The lowest BCUT2D eigenvalue weighted by molar-refractivity contribution is -0.0487. The monoisotopic (exact) mass is 238 g/mol. The fourth-order valence-corrected chi connectivity index (χ4v) is 2.61. The van der Waals surface area contributed by atoms with Crippen LogP contribution in [0.25, 0.3) is 0 Å². The van der Waals surface area contributed by atoms with Gasteiger partial charge in [0, 0.05) is 5.92 Å². The van der Waals surface area contributed by atoms with E-state index in [-0.39, 0.29) is 11.8 Å². The van der Waals surface area contributed by atoms with Gasteiger partial charge in [0.2, 0.25) is 0 Å². The minimum atomic E-state index is -0.836. The largest absolute Gasteiger partial charge is 0.389 e. The van der Waals surface area contributed by atoms with Crippen LogP contribution in [0.2, 0.25) is 0 Å². The molecular formula is C15H26O2. The second kappa shape index (κ2) is 4.95. The molecule has 0 bridgehead atoms. The van der Waals surface area contributed by atoms with Crippen molar-refractivity contribution < 1.29 is 10.2 Å². The summed E-state index contributed by atoms with van der Waals surface area (Å²) in [4.78, 5) is 0. The highest BCUT2D eigenvalue weighted by molar-refractivity contribution is 5.16. The first-order valence-electron chi connectivity index (χ1n) is 6.45. The molecule has 1 aliphatic carbocycles. The molecule has 0 fully saturated rings. The molecule has 0 aromatic heterocycles. The van der Waals surface area contributed by atoms with Crippen LogP contribution >= 0.6 is 0 Å². The normalized spacial score (nSPS) is 37.2. The Labute approximate surface area is 105 Å². The van der Waals surface area contributed by atoms with Crippen molar-refractivity contribution in [2.75, 3.05) is 0 Å². The summed E-state index contributed by atoms with van der Waals surface area (Å²) in [5, 5.41) is 20.6. The molecule has 0 spiro atoms. The van der Waals surface area contributed by atoms with Crippen molar-refractivity contribution in [3.63, 3.8) is 0 Å². The predicted octanol–water partition coefficient (Wildman–Crippen LogP) is 3.06. The third-order valence-corrected chi connectivity index (χ3v) is 4.43. The SMILES string of the molecule is C=CC(C)(O)CC[C@@H]1C(C)=CC[C@@H](C)[C@]1(C)O. The quantitative estimate of drug-likeness (QED) is 0.739. The van der Waals surface area contributed by atoms with Gasteiger partial charge in [-0.3, -0.25) is 0 Å². The fourth-order valence-electron chi connectivity index (χ4n) is 2.61. The summed E-state index contributed by atoms with van der Waals surface area (Å²) in [7, 11) is 0. The van der Waals surface area contributed by atoms with Gasteiger partial charge < -0.3 is 10.2 Å². The number of allylic oxidation sites excluding steroid dienone is 1. The van der Waals surface area contributed by atoms with E-state index in [1.807, 2.05) is 6.92 Å². The summed E-state index contributed by atoms with van der Waals surface area (Å²) < 4.78 is 0. The molecule has 17 heavy (non-hydrogen) atoms. The maximum Gasteiger partial charge on any atom is 0.0797 e. The molecule has 1 aliphatic rings. The van der Waals surface area contributed by atoms with E-state index in [4.69, 9.17) is 0 Å². The highest BCUT2D eigenvalue weighted by Gasteiger charge is 2.40. The highest BCUT2D eigenvalue weighted by Crippen LogP contribution is 2.41. The molecule has 98 valence electrons. The Bertz CT molecular complexity index is 313. The average Bonchev–Trinajstić information content (AvgIpc) is 2.23. The van der Waals surface area contributed by atoms with E-state index in [9.17, 15) is 10.2 Å². The second-order valence-corrected chi connectivity index (χ2v) is 5.96. The number of hydrogen-bond acceptors (Lipinski definition) is 2. The Morgan fingerprint density at radius 2 is 2.24 bits per heavy atom. The van der Waals surface area contributed by atoms with Gasteiger partial charge in [-0.25, -0.2) is 0 Å². The molecule has 2 nitrogen and oxygen atoms in total. The van der Waals surface area contributed by atoms with Gasteiger partial charge in [-0.05, 0) is 46.0 Å². The Morgan fingerprint density at radius 3 is 2.76 bits per heavy atom. The zero-order chi connectivity index (χ0) is 13.3. The molecule has 0 aromatic carbocycles. The van der Waals surface area contributed by atoms with Gasteiger partial charge in [0.1, 0.15) is 0 Å². The summed E-state index contributed by atoms with van der Waals surface area (Å²) in [5.74, 6) is 0.405. The van der Waals surface area contributed by atoms with Crippen LogP contribution in [0.1, 0.15) is 47.0 Å². The summed E-state index contributed by atoms with van der Waals surface area (Å²) >= 11 is 0. The van der Waals surface area contributed by atoms with Gasteiger partial charge in [0.05, 0.1) is 11.2 Å². The van der Waals surface area contributed by atoms with Crippen LogP contribution in [0.15, 0.2) is 24.3 Å². The number of aliphatic hydroxyl groups is 2. The molecule has 2 N–H and O–H groups in total. The van der Waals surface area contributed by atoms with E-state index < -0.39 is 11.2 Å². The van der Waals surface area contributed by atoms with Gasteiger partial charge in [-0.1, -0.05) is 24.6 Å². The molecule has 2 heteroatoms. The van der Waals surface area contributed by atoms with Crippen molar-refractivity contribution in [2.24, 2.45) is 11.8 Å². The lowest BCUT2D eigenvalue weighted by Gasteiger charge is -2.42. The molecule has 0 saturated heterocycles. The van der Waals surface area contributed by atoms with Crippen molar-refractivity contribution in [2.45, 2.75) is 58.2 Å².